The third-order valence-corrected chi connectivity index (χ3v) is 9.05. The van der Waals surface area contributed by atoms with E-state index in [0.717, 1.165) is 53.0 Å². The number of imidazole rings is 1. The third-order valence-electron chi connectivity index (χ3n) is 9.05. The van der Waals surface area contributed by atoms with E-state index in [0.29, 0.717) is 17.2 Å². The van der Waals surface area contributed by atoms with Crippen LogP contribution in [0.25, 0.3) is 11.6 Å². The van der Waals surface area contributed by atoms with E-state index in [1.54, 1.807) is 6.08 Å². The van der Waals surface area contributed by atoms with Gasteiger partial charge in [-0.25, -0.2) is 4.79 Å². The van der Waals surface area contributed by atoms with E-state index in [-0.39, 0.29) is 17.5 Å². The Hall–Kier alpha value is -3.54. The van der Waals surface area contributed by atoms with E-state index in [4.69, 9.17) is 5.41 Å². The maximum Gasteiger partial charge on any atom is 0.326 e. The molecule has 5 N–H and O–H groups in total. The summed E-state index contributed by atoms with van der Waals surface area (Å²) in [5.74, 6) is 1.51. The molecule has 1 saturated carbocycles. The van der Waals surface area contributed by atoms with Crippen molar-refractivity contribution < 1.29 is 10.2 Å². The summed E-state index contributed by atoms with van der Waals surface area (Å²) in [6, 6.07) is 4.18. The summed E-state index contributed by atoms with van der Waals surface area (Å²) in [7, 11) is 0. The number of allylic oxidation sites excluding steroid dienone is 7. The maximum absolute atomic E-state index is 11.7. The van der Waals surface area contributed by atoms with Crippen molar-refractivity contribution in [1.82, 2.24) is 9.97 Å². The van der Waals surface area contributed by atoms with Crippen LogP contribution in [0.4, 0.5) is 0 Å². The number of nitrogens with one attached hydrogen (secondary N) is 3. The molecule has 1 aromatic carbocycles. The Balaban J connectivity index is 2.18. The number of H-pyrrole nitrogens is 2. The van der Waals surface area contributed by atoms with Crippen molar-refractivity contribution in [2.75, 3.05) is 0 Å². The first-order valence-corrected chi connectivity index (χ1v) is 15.0. The Bertz CT molecular complexity index is 1420. The highest BCUT2D eigenvalue weighted by Crippen LogP contribution is 2.41. The van der Waals surface area contributed by atoms with Gasteiger partial charge in [0, 0.05) is 6.21 Å². The highest BCUT2D eigenvalue weighted by molar-refractivity contribution is 5.89. The minimum absolute atomic E-state index is 0.111. The van der Waals surface area contributed by atoms with E-state index in [1.165, 1.54) is 42.2 Å². The Labute approximate surface area is 245 Å². The highest BCUT2D eigenvalue weighted by Gasteiger charge is 2.27. The molecule has 6 nitrogen and oxygen atoms in total. The van der Waals surface area contributed by atoms with Gasteiger partial charge in [-0.2, -0.15) is 0 Å². The van der Waals surface area contributed by atoms with Crippen LogP contribution in [0, 0.1) is 37.0 Å². The Kier molecular flexibility index (Phi) is 10.8. The quantitative estimate of drug-likeness (QED) is 0.125. The molecule has 0 radical (unpaired) electrons. The molecular formula is C35H49N3O3. The topological polar surface area (TPSA) is 113 Å². The van der Waals surface area contributed by atoms with Crippen LogP contribution in [-0.2, 0) is 0 Å². The first-order valence-electron chi connectivity index (χ1n) is 15.0. The van der Waals surface area contributed by atoms with E-state index in [9.17, 15) is 15.0 Å². The maximum atomic E-state index is 11.7. The number of benzene rings is 1. The van der Waals surface area contributed by atoms with E-state index >= 15 is 0 Å². The van der Waals surface area contributed by atoms with E-state index < -0.39 is 5.69 Å². The van der Waals surface area contributed by atoms with Gasteiger partial charge in [-0.05, 0) is 130 Å². The summed E-state index contributed by atoms with van der Waals surface area (Å²) in [6.07, 6.45) is 12.4. The molecule has 0 saturated heterocycles. The van der Waals surface area contributed by atoms with Crippen LogP contribution in [0.2, 0.25) is 0 Å². The molecule has 1 fully saturated rings. The van der Waals surface area contributed by atoms with Crippen LogP contribution in [0.15, 0.2) is 50.9 Å². The summed E-state index contributed by atoms with van der Waals surface area (Å²) in [6.45, 7) is 17.0. The van der Waals surface area contributed by atoms with Crippen molar-refractivity contribution in [3.8, 4) is 11.6 Å². The molecule has 2 aromatic rings. The van der Waals surface area contributed by atoms with Gasteiger partial charge < -0.3 is 20.6 Å². The second-order valence-corrected chi connectivity index (χ2v) is 11.9. The van der Waals surface area contributed by atoms with Crippen molar-refractivity contribution in [2.24, 2.45) is 17.8 Å². The van der Waals surface area contributed by atoms with Crippen LogP contribution in [0.1, 0.15) is 102 Å². The monoisotopic (exact) mass is 559 g/mol. The number of hydrogen-bond donors (Lipinski definition) is 5. The van der Waals surface area contributed by atoms with Gasteiger partial charge in [-0.15, -0.1) is 0 Å². The third kappa shape index (κ3) is 7.81. The fourth-order valence-corrected chi connectivity index (χ4v) is 5.68. The van der Waals surface area contributed by atoms with Gasteiger partial charge in [0.05, 0.1) is 0 Å². The van der Waals surface area contributed by atoms with Crippen molar-refractivity contribution in [1.29, 1.82) is 5.41 Å². The fourth-order valence-electron chi connectivity index (χ4n) is 5.68. The molecule has 1 aromatic heterocycles. The van der Waals surface area contributed by atoms with Crippen LogP contribution in [0.5, 0.6) is 11.6 Å². The van der Waals surface area contributed by atoms with Crippen LogP contribution in [0.3, 0.4) is 0 Å². The summed E-state index contributed by atoms with van der Waals surface area (Å²) in [4.78, 5) is 16.6. The highest BCUT2D eigenvalue weighted by atomic mass is 16.3. The number of phenols is 1. The Morgan fingerprint density at radius 3 is 2.22 bits per heavy atom. The zero-order chi connectivity index (χ0) is 30.4. The molecule has 0 aliphatic heterocycles. The Morgan fingerprint density at radius 1 is 1.10 bits per heavy atom. The molecule has 41 heavy (non-hydrogen) atoms. The average molecular weight is 560 g/mol. The zero-order valence-electron chi connectivity index (χ0n) is 26.2. The van der Waals surface area contributed by atoms with Crippen molar-refractivity contribution in [2.45, 2.75) is 93.9 Å². The standard InChI is InChI=1S/C35H49N3O3/c1-9-20(3)30(28-15-21(4)33(39)22(5)16-28)18-31(27(10-2)14-13-26-11-12-26)25(8)23(6)24(7)29(19-36)17-32-34(40)38-35(41)37-32/h15-19,25-27,36,39-40H,9-14H2,1-8H3,(H2,37,38,41)/b24-23+,29-17-,30-20?,31-18?,36-19?. The predicted octanol–water partition coefficient (Wildman–Crippen LogP) is 8.76. The minimum Gasteiger partial charge on any atom is -0.507 e. The molecule has 1 aliphatic rings. The van der Waals surface area contributed by atoms with Crippen molar-refractivity contribution >= 4 is 17.9 Å². The predicted molar refractivity (Wildman–Crippen MR) is 172 cm³/mol. The molecule has 222 valence electrons. The van der Waals surface area contributed by atoms with Crippen LogP contribution >= 0.6 is 0 Å². The molecule has 0 amide bonds. The van der Waals surface area contributed by atoms with Gasteiger partial charge in [0.1, 0.15) is 11.4 Å². The lowest BCUT2D eigenvalue weighted by Crippen LogP contribution is -2.14. The normalized spacial score (nSPS) is 17.2. The second kappa shape index (κ2) is 13.9. The van der Waals surface area contributed by atoms with Gasteiger partial charge in [0.25, 0.3) is 0 Å². The summed E-state index contributed by atoms with van der Waals surface area (Å²) in [5, 5.41) is 28.7. The molecule has 1 aliphatic carbocycles. The molecular weight excluding hydrogens is 510 g/mol. The lowest BCUT2D eigenvalue weighted by atomic mass is 9.77. The number of rotatable bonds is 13. The molecule has 3 rings (SSSR count). The van der Waals surface area contributed by atoms with Crippen molar-refractivity contribution in [3.63, 3.8) is 0 Å². The van der Waals surface area contributed by atoms with Gasteiger partial charge in [0.15, 0.2) is 0 Å². The smallest absolute Gasteiger partial charge is 0.326 e. The zero-order valence-corrected chi connectivity index (χ0v) is 26.2. The summed E-state index contributed by atoms with van der Waals surface area (Å²) < 4.78 is 0. The average Bonchev–Trinajstić information content (AvgIpc) is 3.72. The first-order chi connectivity index (χ1) is 19.4. The van der Waals surface area contributed by atoms with Gasteiger partial charge in [0.2, 0.25) is 5.88 Å². The van der Waals surface area contributed by atoms with E-state index in [1.807, 2.05) is 20.8 Å². The SMILES string of the molecule is CCC(C)=C(C=C(C(CC)CCC1CC1)C(C)/C(C)=C(C)/C(C=N)=C\c1[nH]c(=O)[nH]c1O)c1cc(C)c(O)c(C)c1. The van der Waals surface area contributed by atoms with Gasteiger partial charge in [-0.1, -0.05) is 56.4 Å². The Morgan fingerprint density at radius 2 is 1.73 bits per heavy atom. The summed E-state index contributed by atoms with van der Waals surface area (Å²) in [5.41, 5.74) is 9.32. The fraction of sp³-hybridized carbons (Fsp3) is 0.486. The van der Waals surface area contributed by atoms with Gasteiger partial charge >= 0.3 is 5.69 Å². The number of aromatic hydroxyl groups is 2. The molecule has 0 spiro atoms. The number of aromatic nitrogens is 2. The first kappa shape index (κ1) is 32.0. The molecule has 0 bridgehead atoms. The molecule has 6 heteroatoms. The second-order valence-electron chi connectivity index (χ2n) is 11.9. The number of phenolic OH excluding ortho intramolecular Hbond substituents is 1. The largest absolute Gasteiger partial charge is 0.507 e. The lowest BCUT2D eigenvalue weighted by molar-refractivity contribution is 0.454. The number of aromatic amines is 2. The minimum atomic E-state index is -0.484. The van der Waals surface area contributed by atoms with Gasteiger partial charge in [-0.3, -0.25) is 4.98 Å². The number of aryl methyl sites for hydroxylation is 2. The molecule has 2 unspecified atom stereocenters. The molecule has 2 atom stereocenters. The summed E-state index contributed by atoms with van der Waals surface area (Å²) >= 11 is 0. The van der Waals surface area contributed by atoms with Crippen LogP contribution in [-0.4, -0.2) is 26.4 Å². The van der Waals surface area contributed by atoms with Crippen LogP contribution < -0.4 is 5.69 Å². The van der Waals surface area contributed by atoms with E-state index in [2.05, 4.69) is 62.8 Å². The van der Waals surface area contributed by atoms with Crippen molar-refractivity contribution in [3.05, 3.63) is 78.9 Å². The number of hydrogen-bond acceptors (Lipinski definition) is 4. The molecule has 1 heterocycles. The lowest BCUT2D eigenvalue weighted by Gasteiger charge is -2.28.